The van der Waals surface area contributed by atoms with Crippen LogP contribution in [0.25, 0.3) is 0 Å². The first kappa shape index (κ1) is 24.4. The van der Waals surface area contributed by atoms with Crippen LogP contribution >= 0.6 is 0 Å². The van der Waals surface area contributed by atoms with Crippen LogP contribution in [0.4, 0.5) is 13.6 Å². The Morgan fingerprint density at radius 3 is 2.22 bits per heavy atom. The molecule has 1 N–H and O–H groups in total. The molecule has 3 heterocycles. The second-order valence-electron chi connectivity index (χ2n) is 9.83. The van der Waals surface area contributed by atoms with E-state index >= 15 is 0 Å². The Labute approximate surface area is 208 Å². The lowest BCUT2D eigenvalue weighted by Gasteiger charge is -2.41. The highest BCUT2D eigenvalue weighted by molar-refractivity contribution is 6.07. The summed E-state index contributed by atoms with van der Waals surface area (Å²) in [5.41, 5.74) is -0.0314. The summed E-state index contributed by atoms with van der Waals surface area (Å²) in [7, 11) is 0. The topological polar surface area (TPSA) is 79.0 Å². The van der Waals surface area contributed by atoms with Crippen molar-refractivity contribution in [3.63, 3.8) is 0 Å². The van der Waals surface area contributed by atoms with Gasteiger partial charge in [-0.2, -0.15) is 0 Å². The standard InChI is InChI=1S/C27H29F2N3O4/c28-21-7-3-18(4-8-21)16-27(25(34)32(26(35)30-27)17-23-2-1-15-36-23)20-11-13-31(14-12-20)24(33)19-5-9-22(29)10-6-19/h3-10,20,23H,1-2,11-17H2,(H,30,35). The minimum atomic E-state index is -1.18. The van der Waals surface area contributed by atoms with E-state index in [1.807, 2.05) is 0 Å². The van der Waals surface area contributed by atoms with Crippen molar-refractivity contribution >= 4 is 17.8 Å². The molecule has 0 aliphatic carbocycles. The van der Waals surface area contributed by atoms with Gasteiger partial charge in [0.05, 0.1) is 12.6 Å². The first-order chi connectivity index (χ1) is 17.4. The van der Waals surface area contributed by atoms with E-state index in [2.05, 4.69) is 5.32 Å². The fraction of sp³-hybridized carbons (Fsp3) is 0.444. The Balaban J connectivity index is 1.36. The zero-order valence-electron chi connectivity index (χ0n) is 19.9. The molecule has 3 aliphatic heterocycles. The third kappa shape index (κ3) is 4.72. The number of carbonyl (C=O) groups excluding carboxylic acids is 3. The number of ether oxygens (including phenoxy) is 1. The van der Waals surface area contributed by atoms with Gasteiger partial charge in [0.2, 0.25) is 0 Å². The summed E-state index contributed by atoms with van der Waals surface area (Å²) in [5.74, 6) is -1.48. The van der Waals surface area contributed by atoms with Gasteiger partial charge >= 0.3 is 6.03 Å². The third-order valence-corrected chi connectivity index (χ3v) is 7.58. The van der Waals surface area contributed by atoms with Crippen LogP contribution in [0.2, 0.25) is 0 Å². The van der Waals surface area contributed by atoms with E-state index in [1.165, 1.54) is 41.3 Å². The van der Waals surface area contributed by atoms with E-state index in [1.54, 1.807) is 17.0 Å². The summed E-state index contributed by atoms with van der Waals surface area (Å²) in [6.45, 7) is 1.63. The maximum atomic E-state index is 13.9. The highest BCUT2D eigenvalue weighted by Gasteiger charge is 2.56. The van der Waals surface area contributed by atoms with E-state index in [-0.39, 0.29) is 42.6 Å². The van der Waals surface area contributed by atoms with E-state index in [0.29, 0.717) is 38.1 Å². The van der Waals surface area contributed by atoms with E-state index in [4.69, 9.17) is 4.74 Å². The largest absolute Gasteiger partial charge is 0.376 e. The SMILES string of the molecule is O=C(c1ccc(F)cc1)N1CCC(C2(Cc3ccc(F)cc3)NC(=O)N(CC3CCCO3)C2=O)CC1. The molecule has 2 aromatic rings. The lowest BCUT2D eigenvalue weighted by atomic mass is 9.73. The second kappa shape index (κ2) is 9.97. The number of nitrogens with one attached hydrogen (secondary N) is 1. The number of benzene rings is 2. The van der Waals surface area contributed by atoms with Gasteiger partial charge in [-0.05, 0) is 73.6 Å². The molecule has 0 saturated carbocycles. The molecule has 5 rings (SSSR count). The number of halogens is 2. The third-order valence-electron chi connectivity index (χ3n) is 7.58. The molecule has 0 aromatic heterocycles. The Bertz CT molecular complexity index is 1130. The highest BCUT2D eigenvalue weighted by Crippen LogP contribution is 2.37. The van der Waals surface area contributed by atoms with E-state index in [9.17, 15) is 23.2 Å². The van der Waals surface area contributed by atoms with Gasteiger partial charge in [0, 0.05) is 31.7 Å². The molecule has 3 aliphatic rings. The number of nitrogens with zero attached hydrogens (tertiary/aromatic N) is 2. The van der Waals surface area contributed by atoms with Crippen molar-refractivity contribution in [2.24, 2.45) is 5.92 Å². The van der Waals surface area contributed by atoms with Gasteiger partial charge in [0.25, 0.3) is 11.8 Å². The fourth-order valence-corrected chi connectivity index (χ4v) is 5.62. The number of rotatable bonds is 6. The molecule has 3 fully saturated rings. The summed E-state index contributed by atoms with van der Waals surface area (Å²) >= 11 is 0. The van der Waals surface area contributed by atoms with Crippen LogP contribution in [-0.2, 0) is 16.0 Å². The lowest BCUT2D eigenvalue weighted by Crippen LogP contribution is -2.58. The van der Waals surface area contributed by atoms with Gasteiger partial charge in [-0.15, -0.1) is 0 Å². The molecule has 3 saturated heterocycles. The van der Waals surface area contributed by atoms with Crippen molar-refractivity contribution < 1.29 is 27.9 Å². The smallest absolute Gasteiger partial charge is 0.325 e. The summed E-state index contributed by atoms with van der Waals surface area (Å²) in [6.07, 6.45) is 2.77. The number of carbonyl (C=O) groups is 3. The Hall–Kier alpha value is -3.33. The predicted molar refractivity (Wildman–Crippen MR) is 127 cm³/mol. The summed E-state index contributed by atoms with van der Waals surface area (Å²) in [5, 5.41) is 3.00. The van der Waals surface area contributed by atoms with Gasteiger partial charge in [-0.1, -0.05) is 12.1 Å². The van der Waals surface area contributed by atoms with Gasteiger partial charge in [-0.3, -0.25) is 14.5 Å². The molecular formula is C27H29F2N3O4. The zero-order valence-corrected chi connectivity index (χ0v) is 19.9. The van der Waals surface area contributed by atoms with Crippen LogP contribution < -0.4 is 5.32 Å². The van der Waals surface area contributed by atoms with Crippen molar-refractivity contribution in [2.75, 3.05) is 26.2 Å². The molecule has 0 radical (unpaired) electrons. The molecule has 2 unspecified atom stereocenters. The number of piperidine rings is 1. The lowest BCUT2D eigenvalue weighted by molar-refractivity contribution is -0.135. The Morgan fingerprint density at radius 1 is 0.972 bits per heavy atom. The maximum absolute atomic E-state index is 13.9. The minimum Gasteiger partial charge on any atom is -0.376 e. The van der Waals surface area contributed by atoms with E-state index in [0.717, 1.165) is 18.4 Å². The van der Waals surface area contributed by atoms with Crippen LogP contribution in [0.5, 0.6) is 0 Å². The number of hydrogen-bond donors (Lipinski definition) is 1. The van der Waals surface area contributed by atoms with Gasteiger partial charge in [-0.25, -0.2) is 13.6 Å². The average molecular weight is 498 g/mol. The first-order valence-electron chi connectivity index (χ1n) is 12.4. The van der Waals surface area contributed by atoms with Crippen molar-refractivity contribution in [3.8, 4) is 0 Å². The molecule has 36 heavy (non-hydrogen) atoms. The summed E-state index contributed by atoms with van der Waals surface area (Å²) < 4.78 is 32.5. The zero-order chi connectivity index (χ0) is 25.3. The quantitative estimate of drug-likeness (QED) is 0.620. The van der Waals surface area contributed by atoms with Crippen LogP contribution in [0.1, 0.15) is 41.6 Å². The molecule has 4 amide bonds. The Morgan fingerprint density at radius 2 is 1.61 bits per heavy atom. The number of urea groups is 1. The molecule has 9 heteroatoms. The summed E-state index contributed by atoms with van der Waals surface area (Å²) in [6, 6.07) is 10.9. The van der Waals surface area contributed by atoms with Gasteiger partial charge in [0.15, 0.2) is 0 Å². The van der Waals surface area contributed by atoms with Crippen molar-refractivity contribution in [1.29, 1.82) is 0 Å². The highest BCUT2D eigenvalue weighted by atomic mass is 19.1. The monoisotopic (exact) mass is 497 g/mol. The molecule has 2 atom stereocenters. The predicted octanol–water partition coefficient (Wildman–Crippen LogP) is 3.53. The van der Waals surface area contributed by atoms with Crippen LogP contribution in [0, 0.1) is 17.6 Å². The van der Waals surface area contributed by atoms with Crippen LogP contribution in [-0.4, -0.2) is 65.5 Å². The fourth-order valence-electron chi connectivity index (χ4n) is 5.62. The molecule has 190 valence electrons. The Kier molecular flexibility index (Phi) is 6.75. The first-order valence-corrected chi connectivity index (χ1v) is 12.4. The van der Waals surface area contributed by atoms with E-state index < -0.39 is 17.4 Å². The maximum Gasteiger partial charge on any atom is 0.325 e. The molecular weight excluding hydrogens is 468 g/mol. The number of imide groups is 1. The number of amides is 4. The number of hydrogen-bond acceptors (Lipinski definition) is 4. The average Bonchev–Trinajstić information content (AvgIpc) is 3.49. The molecule has 0 spiro atoms. The normalized spacial score (nSPS) is 24.9. The van der Waals surface area contributed by atoms with Crippen molar-refractivity contribution in [2.45, 2.75) is 43.7 Å². The van der Waals surface area contributed by atoms with Gasteiger partial charge < -0.3 is 15.0 Å². The van der Waals surface area contributed by atoms with Crippen molar-refractivity contribution in [1.82, 2.24) is 15.1 Å². The van der Waals surface area contributed by atoms with Crippen LogP contribution in [0.15, 0.2) is 48.5 Å². The van der Waals surface area contributed by atoms with Crippen molar-refractivity contribution in [3.05, 3.63) is 71.3 Å². The minimum absolute atomic E-state index is 0.170. The second-order valence-corrected chi connectivity index (χ2v) is 9.83. The molecule has 2 aromatic carbocycles. The number of likely N-dealkylation sites (tertiary alicyclic amines) is 1. The molecule has 7 nitrogen and oxygen atoms in total. The van der Waals surface area contributed by atoms with Crippen LogP contribution in [0.3, 0.4) is 0 Å². The van der Waals surface area contributed by atoms with Gasteiger partial charge in [0.1, 0.15) is 17.2 Å². The summed E-state index contributed by atoms with van der Waals surface area (Å²) in [4.78, 5) is 42.8. The molecule has 0 bridgehead atoms.